The fourth-order valence-electron chi connectivity index (χ4n) is 4.21. The Morgan fingerprint density at radius 2 is 1.45 bits per heavy atom. The van der Waals surface area contributed by atoms with E-state index in [1.54, 1.807) is 0 Å². The van der Waals surface area contributed by atoms with Gasteiger partial charge in [0.2, 0.25) is 0 Å². The molecular formula is C18H27NO. The maximum Gasteiger partial charge on any atom is 0.0973 e. The van der Waals surface area contributed by atoms with Crippen LogP contribution in [0.2, 0.25) is 0 Å². The molecule has 1 aromatic carbocycles. The number of benzene rings is 1. The lowest BCUT2D eigenvalue weighted by Gasteiger charge is -2.51. The van der Waals surface area contributed by atoms with E-state index in [1.165, 1.54) is 51.6 Å². The van der Waals surface area contributed by atoms with Crippen LogP contribution in [0.5, 0.6) is 0 Å². The molecule has 2 nitrogen and oxygen atoms in total. The lowest BCUT2D eigenvalue weighted by atomic mass is 9.73. The van der Waals surface area contributed by atoms with Crippen molar-refractivity contribution in [2.75, 3.05) is 13.1 Å². The molecule has 1 saturated heterocycles. The van der Waals surface area contributed by atoms with Crippen molar-refractivity contribution in [1.82, 2.24) is 4.90 Å². The van der Waals surface area contributed by atoms with Crippen LogP contribution in [0.4, 0.5) is 0 Å². The minimum absolute atomic E-state index is 0.0000231. The van der Waals surface area contributed by atoms with E-state index in [0.29, 0.717) is 0 Å². The third kappa shape index (κ3) is 2.64. The minimum atomic E-state index is -0.331. The smallest absolute Gasteiger partial charge is 0.0973 e. The Morgan fingerprint density at radius 3 is 2.10 bits per heavy atom. The summed E-state index contributed by atoms with van der Waals surface area (Å²) in [6.07, 6.45) is 9.78. The van der Waals surface area contributed by atoms with Crippen LogP contribution in [0.15, 0.2) is 30.3 Å². The second-order valence-electron chi connectivity index (χ2n) is 6.53. The molecule has 1 aliphatic heterocycles. The molecule has 1 atom stereocenters. The fraction of sp³-hybridized carbons (Fsp3) is 0.667. The number of aliphatic hydroxyl groups is 1. The molecule has 0 amide bonds. The number of aliphatic hydroxyl groups excluding tert-OH is 1. The highest BCUT2D eigenvalue weighted by Gasteiger charge is 2.44. The Kier molecular flexibility index (Phi) is 4.42. The van der Waals surface area contributed by atoms with Gasteiger partial charge in [-0.3, -0.25) is 4.90 Å². The maximum atomic E-state index is 11.1. The van der Waals surface area contributed by atoms with E-state index < -0.39 is 0 Å². The average molecular weight is 273 g/mol. The van der Waals surface area contributed by atoms with Crippen LogP contribution < -0.4 is 0 Å². The first-order valence-electron chi connectivity index (χ1n) is 8.31. The van der Waals surface area contributed by atoms with Crippen molar-refractivity contribution in [1.29, 1.82) is 0 Å². The van der Waals surface area contributed by atoms with Gasteiger partial charge in [-0.1, -0.05) is 56.0 Å². The summed E-state index contributed by atoms with van der Waals surface area (Å²) in [5.41, 5.74) is 1.10. The van der Waals surface area contributed by atoms with Crippen LogP contribution in [0, 0.1) is 0 Å². The van der Waals surface area contributed by atoms with Gasteiger partial charge in [0.25, 0.3) is 0 Å². The summed E-state index contributed by atoms with van der Waals surface area (Å²) in [4.78, 5) is 2.62. The van der Waals surface area contributed by atoms with Gasteiger partial charge in [0.1, 0.15) is 0 Å². The van der Waals surface area contributed by atoms with Crippen LogP contribution in [-0.4, -0.2) is 28.6 Å². The molecule has 3 rings (SSSR count). The number of nitrogens with zero attached hydrogens (tertiary/aromatic N) is 1. The highest BCUT2D eigenvalue weighted by atomic mass is 16.3. The molecule has 1 N–H and O–H groups in total. The third-order valence-corrected chi connectivity index (χ3v) is 5.33. The van der Waals surface area contributed by atoms with Crippen LogP contribution in [-0.2, 0) is 0 Å². The van der Waals surface area contributed by atoms with Gasteiger partial charge in [-0.2, -0.15) is 0 Å². The van der Waals surface area contributed by atoms with E-state index in [-0.39, 0.29) is 11.6 Å². The van der Waals surface area contributed by atoms with Gasteiger partial charge >= 0.3 is 0 Å². The quantitative estimate of drug-likeness (QED) is 0.902. The van der Waals surface area contributed by atoms with Crippen LogP contribution in [0.1, 0.15) is 63.0 Å². The predicted octanol–water partition coefficient (Wildman–Crippen LogP) is 3.91. The first kappa shape index (κ1) is 14.1. The van der Waals surface area contributed by atoms with Gasteiger partial charge in [-0.25, -0.2) is 0 Å². The van der Waals surface area contributed by atoms with Gasteiger partial charge in [0, 0.05) is 0 Å². The van der Waals surface area contributed by atoms with Gasteiger partial charge in [-0.05, 0) is 44.3 Å². The number of rotatable bonds is 3. The standard InChI is InChI=1S/C18H27NO/c20-17(16-10-4-1-5-11-16)18(12-6-2-7-13-18)19-14-8-3-9-15-19/h1,4-5,10-11,17,20H,2-3,6-9,12-15H2. The summed E-state index contributed by atoms with van der Waals surface area (Å²) in [6, 6.07) is 10.3. The molecule has 0 radical (unpaired) electrons. The molecule has 1 aliphatic carbocycles. The van der Waals surface area contributed by atoms with Crippen LogP contribution in [0.3, 0.4) is 0 Å². The summed E-state index contributed by atoms with van der Waals surface area (Å²) in [6.45, 7) is 2.34. The molecule has 1 unspecified atom stereocenters. The van der Waals surface area contributed by atoms with Crippen molar-refractivity contribution in [2.45, 2.75) is 63.0 Å². The SMILES string of the molecule is OC(c1ccccc1)C1(N2CCCCC2)CCCCC1. The zero-order valence-electron chi connectivity index (χ0n) is 12.4. The Hall–Kier alpha value is -0.860. The van der Waals surface area contributed by atoms with E-state index >= 15 is 0 Å². The van der Waals surface area contributed by atoms with Gasteiger partial charge in [0.05, 0.1) is 11.6 Å². The van der Waals surface area contributed by atoms with Crippen molar-refractivity contribution < 1.29 is 5.11 Å². The predicted molar refractivity (Wildman–Crippen MR) is 82.6 cm³/mol. The summed E-state index contributed by atoms with van der Waals surface area (Å²) in [7, 11) is 0. The minimum Gasteiger partial charge on any atom is -0.386 e. The summed E-state index contributed by atoms with van der Waals surface area (Å²) >= 11 is 0. The van der Waals surface area contributed by atoms with Gasteiger partial charge in [0.15, 0.2) is 0 Å². The average Bonchev–Trinajstić information content (AvgIpc) is 2.56. The van der Waals surface area contributed by atoms with E-state index in [4.69, 9.17) is 0 Å². The molecule has 0 spiro atoms. The lowest BCUT2D eigenvalue weighted by Crippen LogP contribution is -2.55. The van der Waals surface area contributed by atoms with Crippen molar-refractivity contribution in [3.05, 3.63) is 35.9 Å². The van der Waals surface area contributed by atoms with E-state index in [9.17, 15) is 5.11 Å². The monoisotopic (exact) mass is 273 g/mol. The Bertz CT molecular complexity index is 405. The third-order valence-electron chi connectivity index (χ3n) is 5.33. The van der Waals surface area contributed by atoms with Crippen LogP contribution >= 0.6 is 0 Å². The summed E-state index contributed by atoms with van der Waals surface area (Å²) in [5.74, 6) is 0. The molecule has 1 aromatic rings. The van der Waals surface area contributed by atoms with Crippen molar-refractivity contribution in [3.8, 4) is 0 Å². The second kappa shape index (κ2) is 6.28. The summed E-state index contributed by atoms with van der Waals surface area (Å²) < 4.78 is 0. The molecule has 1 saturated carbocycles. The van der Waals surface area contributed by atoms with Crippen LogP contribution in [0.25, 0.3) is 0 Å². The Labute approximate surface area is 122 Å². The molecule has 2 fully saturated rings. The topological polar surface area (TPSA) is 23.5 Å². The highest BCUT2D eigenvalue weighted by molar-refractivity contribution is 5.22. The zero-order valence-corrected chi connectivity index (χ0v) is 12.4. The first-order valence-corrected chi connectivity index (χ1v) is 8.31. The van der Waals surface area contributed by atoms with E-state index in [1.807, 2.05) is 18.2 Å². The molecule has 2 heteroatoms. The van der Waals surface area contributed by atoms with Gasteiger partial charge < -0.3 is 5.11 Å². The van der Waals surface area contributed by atoms with Crippen molar-refractivity contribution >= 4 is 0 Å². The maximum absolute atomic E-state index is 11.1. The molecule has 1 heterocycles. The second-order valence-corrected chi connectivity index (χ2v) is 6.53. The molecule has 2 aliphatic rings. The molecule has 20 heavy (non-hydrogen) atoms. The summed E-state index contributed by atoms with van der Waals surface area (Å²) in [5, 5.41) is 11.1. The van der Waals surface area contributed by atoms with Gasteiger partial charge in [-0.15, -0.1) is 0 Å². The Morgan fingerprint density at radius 1 is 0.850 bits per heavy atom. The highest BCUT2D eigenvalue weighted by Crippen LogP contribution is 2.44. The largest absolute Gasteiger partial charge is 0.386 e. The molecule has 110 valence electrons. The fourth-order valence-corrected chi connectivity index (χ4v) is 4.21. The van der Waals surface area contributed by atoms with Crippen molar-refractivity contribution in [3.63, 3.8) is 0 Å². The molecule has 0 bridgehead atoms. The Balaban J connectivity index is 1.88. The number of likely N-dealkylation sites (tertiary alicyclic amines) is 1. The van der Waals surface area contributed by atoms with E-state index in [0.717, 1.165) is 18.4 Å². The van der Waals surface area contributed by atoms with E-state index in [2.05, 4.69) is 17.0 Å². The molecular weight excluding hydrogens is 246 g/mol. The van der Waals surface area contributed by atoms with Crippen molar-refractivity contribution in [2.24, 2.45) is 0 Å². The number of hydrogen-bond donors (Lipinski definition) is 1. The zero-order chi connectivity index (χ0) is 13.8. The lowest BCUT2D eigenvalue weighted by molar-refractivity contribution is -0.0660. The first-order chi connectivity index (χ1) is 9.83. The molecule has 0 aromatic heterocycles. The number of piperidine rings is 1. The normalized spacial score (nSPS) is 25.2. The number of hydrogen-bond acceptors (Lipinski definition) is 2.